The Labute approximate surface area is 170 Å². The molecular formula is C21H24N2O5S. The highest BCUT2D eigenvalue weighted by Gasteiger charge is 2.31. The Morgan fingerprint density at radius 1 is 1.07 bits per heavy atom. The Kier molecular flexibility index (Phi) is 6.34. The molecule has 1 fully saturated rings. The maximum Gasteiger partial charge on any atom is 0.322 e. The van der Waals surface area contributed by atoms with Gasteiger partial charge in [-0.15, -0.1) is 0 Å². The van der Waals surface area contributed by atoms with Crippen molar-refractivity contribution in [3.63, 3.8) is 0 Å². The van der Waals surface area contributed by atoms with Crippen molar-refractivity contribution in [2.24, 2.45) is 0 Å². The number of ether oxygens (including phenoxy) is 1. The van der Waals surface area contributed by atoms with Crippen molar-refractivity contribution in [3.05, 3.63) is 65.2 Å². The van der Waals surface area contributed by atoms with Crippen molar-refractivity contribution < 1.29 is 22.7 Å². The number of sulfonamides is 1. The lowest BCUT2D eigenvalue weighted by Crippen LogP contribution is -2.36. The molecule has 1 atom stereocenters. The van der Waals surface area contributed by atoms with E-state index in [-0.39, 0.29) is 10.9 Å². The number of esters is 1. The second-order valence-electron chi connectivity index (χ2n) is 7.13. The van der Waals surface area contributed by atoms with Crippen molar-refractivity contribution in [2.45, 2.75) is 43.7 Å². The number of hydrogen-bond acceptors (Lipinski definition) is 5. The Balaban J connectivity index is 1.66. The van der Waals surface area contributed by atoms with Crippen LogP contribution < -0.4 is 10.0 Å². The van der Waals surface area contributed by atoms with Gasteiger partial charge in [-0.2, -0.15) is 4.72 Å². The molecule has 2 N–H and O–H groups in total. The molecule has 1 aliphatic rings. The van der Waals surface area contributed by atoms with Gasteiger partial charge in [0, 0.05) is 11.6 Å². The summed E-state index contributed by atoms with van der Waals surface area (Å²) in [5.74, 6) is -1.25. The summed E-state index contributed by atoms with van der Waals surface area (Å²) >= 11 is 0. The molecule has 1 amide bonds. The smallest absolute Gasteiger partial charge is 0.322 e. The largest absolute Gasteiger partial charge is 0.446 e. The van der Waals surface area contributed by atoms with E-state index in [2.05, 4.69) is 10.0 Å². The molecule has 0 unspecified atom stereocenters. The molecule has 3 rings (SSSR count). The third-order valence-corrected chi connectivity index (χ3v) is 6.11. The van der Waals surface area contributed by atoms with Gasteiger partial charge in [-0.05, 0) is 49.9 Å². The molecule has 0 radical (unpaired) electrons. The molecule has 2 aromatic carbocycles. The third-order valence-electron chi connectivity index (χ3n) is 4.71. The van der Waals surface area contributed by atoms with E-state index in [0.717, 1.165) is 24.0 Å². The molecule has 0 aliphatic heterocycles. The normalized spacial score (nSPS) is 14.8. The van der Waals surface area contributed by atoms with E-state index in [1.54, 1.807) is 42.5 Å². The van der Waals surface area contributed by atoms with E-state index in [0.29, 0.717) is 5.56 Å². The molecule has 1 saturated carbocycles. The van der Waals surface area contributed by atoms with Crippen LogP contribution in [-0.4, -0.2) is 32.9 Å². The highest BCUT2D eigenvalue weighted by molar-refractivity contribution is 7.89. The Bertz CT molecular complexity index is 1000. The van der Waals surface area contributed by atoms with E-state index < -0.39 is 34.5 Å². The molecule has 0 aromatic heterocycles. The molecule has 1 aliphatic carbocycles. The van der Waals surface area contributed by atoms with Gasteiger partial charge in [0.15, 0.2) is 0 Å². The zero-order valence-corrected chi connectivity index (χ0v) is 17.2. The van der Waals surface area contributed by atoms with E-state index in [1.165, 1.54) is 6.07 Å². The Morgan fingerprint density at radius 2 is 1.76 bits per heavy atom. The van der Waals surface area contributed by atoms with E-state index in [4.69, 9.17) is 4.74 Å². The summed E-state index contributed by atoms with van der Waals surface area (Å²) in [4.78, 5) is 24.9. The fourth-order valence-electron chi connectivity index (χ4n) is 2.70. The Morgan fingerprint density at radius 3 is 2.38 bits per heavy atom. The first-order chi connectivity index (χ1) is 13.8. The van der Waals surface area contributed by atoms with Crippen LogP contribution in [-0.2, 0) is 24.3 Å². The minimum atomic E-state index is -3.88. The van der Waals surface area contributed by atoms with Gasteiger partial charge in [0.25, 0.3) is 5.91 Å². The van der Waals surface area contributed by atoms with Gasteiger partial charge in [0.1, 0.15) is 6.54 Å². The van der Waals surface area contributed by atoms with Crippen LogP contribution in [0.5, 0.6) is 0 Å². The predicted octanol–water partition coefficient (Wildman–Crippen LogP) is 2.14. The van der Waals surface area contributed by atoms with E-state index in [1.807, 2.05) is 13.8 Å². The van der Waals surface area contributed by atoms with Gasteiger partial charge in [0.05, 0.1) is 4.90 Å². The third kappa shape index (κ3) is 5.65. The number of hydrogen-bond donors (Lipinski definition) is 2. The van der Waals surface area contributed by atoms with Gasteiger partial charge in [-0.1, -0.05) is 36.4 Å². The quantitative estimate of drug-likeness (QED) is 0.642. The maximum absolute atomic E-state index is 12.5. The molecule has 0 heterocycles. The van der Waals surface area contributed by atoms with Crippen LogP contribution in [0.25, 0.3) is 0 Å². The van der Waals surface area contributed by atoms with Gasteiger partial charge in [-0.3, -0.25) is 9.59 Å². The van der Waals surface area contributed by atoms with Crippen LogP contribution in [0, 0.1) is 13.8 Å². The molecular weight excluding hydrogens is 392 g/mol. The molecule has 0 spiro atoms. The first-order valence-electron chi connectivity index (χ1n) is 9.38. The number of carbonyl (C=O) groups is 2. The minimum Gasteiger partial charge on any atom is -0.446 e. The molecule has 7 nitrogen and oxygen atoms in total. The summed E-state index contributed by atoms with van der Waals surface area (Å²) in [5, 5.41) is 2.81. The van der Waals surface area contributed by atoms with Gasteiger partial charge in [-0.25, -0.2) is 8.42 Å². The second-order valence-corrected chi connectivity index (χ2v) is 8.90. The van der Waals surface area contributed by atoms with Crippen molar-refractivity contribution in [1.82, 2.24) is 10.0 Å². The number of carbonyl (C=O) groups excluding carboxylic acids is 2. The molecule has 154 valence electrons. The van der Waals surface area contributed by atoms with Gasteiger partial charge >= 0.3 is 5.97 Å². The summed E-state index contributed by atoms with van der Waals surface area (Å²) in [5.41, 5.74) is 2.32. The summed E-state index contributed by atoms with van der Waals surface area (Å²) in [7, 11) is -3.88. The number of nitrogens with one attached hydrogen (secondary N) is 2. The summed E-state index contributed by atoms with van der Waals surface area (Å²) in [6, 6.07) is 13.5. The summed E-state index contributed by atoms with van der Waals surface area (Å²) in [6.45, 7) is 3.12. The molecule has 2 aromatic rings. The number of aryl methyl sites for hydroxylation is 2. The lowest BCUT2D eigenvalue weighted by molar-refractivity contribution is -0.155. The van der Waals surface area contributed by atoms with E-state index in [9.17, 15) is 18.0 Å². The monoisotopic (exact) mass is 416 g/mol. The zero-order chi connectivity index (χ0) is 21.0. The standard InChI is InChI=1S/C21H24N2O5S/c1-14-8-11-18(12-15(14)2)29(26,27)22-13-19(24)28-20(16-6-4-3-5-7-16)21(25)23-17-9-10-17/h3-8,11-12,17,20,22H,9-10,13H2,1-2H3,(H,23,25)/t20-/m0/s1. The van der Waals surface area contributed by atoms with Crippen molar-refractivity contribution >= 4 is 21.9 Å². The molecule has 29 heavy (non-hydrogen) atoms. The fraction of sp³-hybridized carbons (Fsp3) is 0.333. The van der Waals surface area contributed by atoms with Gasteiger partial charge in [0.2, 0.25) is 16.1 Å². The van der Waals surface area contributed by atoms with Crippen molar-refractivity contribution in [3.8, 4) is 0 Å². The molecule has 0 bridgehead atoms. The average molecular weight is 416 g/mol. The number of benzene rings is 2. The van der Waals surface area contributed by atoms with Crippen LogP contribution in [0.4, 0.5) is 0 Å². The topological polar surface area (TPSA) is 102 Å². The van der Waals surface area contributed by atoms with Crippen molar-refractivity contribution in [1.29, 1.82) is 0 Å². The van der Waals surface area contributed by atoms with Crippen LogP contribution in [0.1, 0.15) is 35.6 Å². The lowest BCUT2D eigenvalue weighted by Gasteiger charge is -2.18. The van der Waals surface area contributed by atoms with Crippen LogP contribution in [0.2, 0.25) is 0 Å². The molecule has 8 heteroatoms. The van der Waals surface area contributed by atoms with Crippen molar-refractivity contribution in [2.75, 3.05) is 6.54 Å². The lowest BCUT2D eigenvalue weighted by atomic mass is 10.1. The summed E-state index contributed by atoms with van der Waals surface area (Å²) in [6.07, 6.45) is 0.670. The highest BCUT2D eigenvalue weighted by Crippen LogP contribution is 2.23. The highest BCUT2D eigenvalue weighted by atomic mass is 32.2. The first kappa shape index (κ1) is 21.0. The number of rotatable bonds is 8. The average Bonchev–Trinajstić information content (AvgIpc) is 3.51. The maximum atomic E-state index is 12.5. The van der Waals surface area contributed by atoms with Crippen LogP contribution >= 0.6 is 0 Å². The van der Waals surface area contributed by atoms with Crippen LogP contribution in [0.15, 0.2) is 53.4 Å². The van der Waals surface area contributed by atoms with Crippen LogP contribution in [0.3, 0.4) is 0 Å². The van der Waals surface area contributed by atoms with E-state index >= 15 is 0 Å². The fourth-order valence-corrected chi connectivity index (χ4v) is 3.75. The Hall–Kier alpha value is -2.71. The number of amides is 1. The minimum absolute atomic E-state index is 0.0690. The SMILES string of the molecule is Cc1ccc(S(=O)(=O)NCC(=O)O[C@H](C(=O)NC2CC2)c2ccccc2)cc1C. The predicted molar refractivity (Wildman–Crippen MR) is 108 cm³/mol. The zero-order valence-electron chi connectivity index (χ0n) is 16.3. The summed E-state index contributed by atoms with van der Waals surface area (Å²) < 4.78 is 32.5. The molecule has 0 saturated heterocycles. The first-order valence-corrected chi connectivity index (χ1v) is 10.9. The van der Waals surface area contributed by atoms with Gasteiger partial charge < -0.3 is 10.1 Å². The second kappa shape index (κ2) is 8.75.